The van der Waals surface area contributed by atoms with E-state index in [2.05, 4.69) is 5.32 Å². The molecule has 0 spiro atoms. The van der Waals surface area contributed by atoms with Gasteiger partial charge in [0.1, 0.15) is 11.6 Å². The summed E-state index contributed by atoms with van der Waals surface area (Å²) < 4.78 is 12.9. The van der Waals surface area contributed by atoms with Crippen LogP contribution in [-0.4, -0.2) is 28.3 Å². The molecule has 0 heterocycles. The van der Waals surface area contributed by atoms with Crippen molar-refractivity contribution < 1.29 is 19.4 Å². The number of hydrogen-bond acceptors (Lipinski definition) is 3. The molecule has 0 aromatic heterocycles. The Kier molecular flexibility index (Phi) is 4.60. The highest BCUT2D eigenvalue weighted by atomic mass is 19.1. The summed E-state index contributed by atoms with van der Waals surface area (Å²) in [5.74, 6) is -1.49. The molecule has 4 nitrogen and oxygen atoms in total. The largest absolute Gasteiger partial charge is 0.507 e. The fraction of sp³-hybridized carbons (Fsp3) is 0.533. The van der Waals surface area contributed by atoms with Gasteiger partial charge in [0.25, 0.3) is 5.91 Å². The standard InChI is InChI=1S/C15H20FNO3/c16-11-5-6-12(13(18)9-11)14(19)17-10-15(20)7-3-1-2-4-8-15/h5-6,9,18,20H,1-4,7-8,10H2,(H,17,19). The Labute approximate surface area is 117 Å². The molecule has 2 rings (SSSR count). The Hall–Kier alpha value is -1.62. The van der Waals surface area contributed by atoms with Gasteiger partial charge in [0.2, 0.25) is 0 Å². The number of halogens is 1. The van der Waals surface area contributed by atoms with Gasteiger partial charge in [-0.1, -0.05) is 25.7 Å². The molecule has 1 amide bonds. The van der Waals surface area contributed by atoms with Crippen molar-refractivity contribution in [1.82, 2.24) is 5.32 Å². The number of nitrogens with one attached hydrogen (secondary N) is 1. The van der Waals surface area contributed by atoms with Crippen molar-refractivity contribution in [2.24, 2.45) is 0 Å². The summed E-state index contributed by atoms with van der Waals surface area (Å²) >= 11 is 0. The summed E-state index contributed by atoms with van der Waals surface area (Å²) in [6.07, 6.45) is 5.46. The number of phenolic OH excluding ortho intramolecular Hbond substituents is 1. The van der Waals surface area contributed by atoms with Crippen molar-refractivity contribution in [2.75, 3.05) is 6.54 Å². The molecule has 1 aliphatic carbocycles. The highest BCUT2D eigenvalue weighted by Gasteiger charge is 2.28. The monoisotopic (exact) mass is 281 g/mol. The zero-order valence-corrected chi connectivity index (χ0v) is 11.4. The van der Waals surface area contributed by atoms with Crippen LogP contribution < -0.4 is 5.32 Å². The Bertz CT molecular complexity index is 482. The minimum atomic E-state index is -0.873. The molecule has 0 atom stereocenters. The van der Waals surface area contributed by atoms with Crippen LogP contribution in [0.25, 0.3) is 0 Å². The van der Waals surface area contributed by atoms with E-state index >= 15 is 0 Å². The topological polar surface area (TPSA) is 69.6 Å². The molecule has 0 unspecified atom stereocenters. The molecule has 0 bridgehead atoms. The van der Waals surface area contributed by atoms with Crippen LogP contribution in [0.15, 0.2) is 18.2 Å². The molecule has 1 saturated carbocycles. The first-order valence-corrected chi connectivity index (χ1v) is 6.99. The Balaban J connectivity index is 1.97. The number of carbonyl (C=O) groups excluding carboxylic acids is 1. The van der Waals surface area contributed by atoms with E-state index in [1.54, 1.807) is 0 Å². The lowest BCUT2D eigenvalue weighted by molar-refractivity contribution is 0.0246. The molecular formula is C15H20FNO3. The van der Waals surface area contributed by atoms with Gasteiger partial charge in [0.15, 0.2) is 0 Å². The number of benzene rings is 1. The molecule has 0 saturated heterocycles. The number of phenols is 1. The van der Waals surface area contributed by atoms with E-state index in [4.69, 9.17) is 0 Å². The Morgan fingerprint density at radius 2 is 1.90 bits per heavy atom. The quantitative estimate of drug-likeness (QED) is 0.745. The molecule has 0 radical (unpaired) electrons. The third-order valence-electron chi connectivity index (χ3n) is 3.82. The number of amides is 1. The second-order valence-corrected chi connectivity index (χ2v) is 5.48. The first-order valence-electron chi connectivity index (χ1n) is 6.99. The summed E-state index contributed by atoms with van der Waals surface area (Å²) in [6, 6.07) is 3.25. The smallest absolute Gasteiger partial charge is 0.255 e. The van der Waals surface area contributed by atoms with E-state index in [1.807, 2.05) is 0 Å². The molecule has 0 aliphatic heterocycles. The zero-order chi connectivity index (χ0) is 14.6. The van der Waals surface area contributed by atoms with Gasteiger partial charge in [-0.25, -0.2) is 4.39 Å². The van der Waals surface area contributed by atoms with Crippen molar-refractivity contribution in [3.05, 3.63) is 29.6 Å². The number of aromatic hydroxyl groups is 1. The maximum atomic E-state index is 12.9. The average molecular weight is 281 g/mol. The SMILES string of the molecule is O=C(NCC1(O)CCCCCC1)c1ccc(F)cc1O. The predicted octanol–water partition coefficient (Wildman–Crippen LogP) is 2.35. The van der Waals surface area contributed by atoms with Gasteiger partial charge in [0.05, 0.1) is 11.2 Å². The van der Waals surface area contributed by atoms with Gasteiger partial charge in [-0.05, 0) is 25.0 Å². The lowest BCUT2D eigenvalue weighted by Crippen LogP contribution is -2.42. The molecule has 110 valence electrons. The molecule has 5 heteroatoms. The molecule has 1 aromatic carbocycles. The summed E-state index contributed by atoms with van der Waals surface area (Å²) in [7, 11) is 0. The maximum absolute atomic E-state index is 12.9. The predicted molar refractivity (Wildman–Crippen MR) is 73.0 cm³/mol. The van der Waals surface area contributed by atoms with Crippen LogP contribution in [-0.2, 0) is 0 Å². The lowest BCUT2D eigenvalue weighted by Gasteiger charge is -2.26. The third kappa shape index (κ3) is 3.70. The fourth-order valence-electron chi connectivity index (χ4n) is 2.60. The van der Waals surface area contributed by atoms with Crippen LogP contribution >= 0.6 is 0 Å². The molecule has 1 fully saturated rings. The van der Waals surface area contributed by atoms with Crippen molar-refractivity contribution >= 4 is 5.91 Å². The number of rotatable bonds is 3. The fourth-order valence-corrected chi connectivity index (χ4v) is 2.60. The Morgan fingerprint density at radius 3 is 2.50 bits per heavy atom. The first kappa shape index (κ1) is 14.8. The van der Waals surface area contributed by atoms with Gasteiger partial charge in [0, 0.05) is 12.6 Å². The molecule has 20 heavy (non-hydrogen) atoms. The van der Waals surface area contributed by atoms with Crippen LogP contribution in [0.1, 0.15) is 48.9 Å². The summed E-state index contributed by atoms with van der Waals surface area (Å²) in [5, 5.41) is 22.6. The highest BCUT2D eigenvalue weighted by molar-refractivity contribution is 5.96. The minimum absolute atomic E-state index is 0.0172. The average Bonchev–Trinajstić information content (AvgIpc) is 2.61. The van der Waals surface area contributed by atoms with Crippen LogP contribution in [0.3, 0.4) is 0 Å². The van der Waals surface area contributed by atoms with E-state index in [1.165, 1.54) is 6.07 Å². The third-order valence-corrected chi connectivity index (χ3v) is 3.82. The molecule has 3 N–H and O–H groups in total. The first-order chi connectivity index (χ1) is 9.50. The minimum Gasteiger partial charge on any atom is -0.507 e. The number of hydrogen-bond donors (Lipinski definition) is 3. The van der Waals surface area contributed by atoms with Gasteiger partial charge in [-0.2, -0.15) is 0 Å². The van der Waals surface area contributed by atoms with Gasteiger partial charge in [-0.3, -0.25) is 4.79 Å². The van der Waals surface area contributed by atoms with Crippen LogP contribution in [0, 0.1) is 5.82 Å². The van der Waals surface area contributed by atoms with E-state index in [-0.39, 0.29) is 12.1 Å². The van der Waals surface area contributed by atoms with Gasteiger partial charge in [-0.15, -0.1) is 0 Å². The summed E-state index contributed by atoms with van der Waals surface area (Å²) in [5.41, 5.74) is -0.856. The summed E-state index contributed by atoms with van der Waals surface area (Å²) in [4.78, 5) is 11.9. The van der Waals surface area contributed by atoms with E-state index in [0.29, 0.717) is 12.8 Å². The normalized spacial score (nSPS) is 18.3. The van der Waals surface area contributed by atoms with Crippen molar-refractivity contribution in [2.45, 2.75) is 44.1 Å². The Morgan fingerprint density at radius 1 is 1.25 bits per heavy atom. The zero-order valence-electron chi connectivity index (χ0n) is 11.4. The van der Waals surface area contributed by atoms with E-state index < -0.39 is 23.1 Å². The van der Waals surface area contributed by atoms with E-state index in [0.717, 1.165) is 37.8 Å². The van der Waals surface area contributed by atoms with Crippen LogP contribution in [0.4, 0.5) is 4.39 Å². The van der Waals surface area contributed by atoms with Crippen molar-refractivity contribution in [3.63, 3.8) is 0 Å². The van der Waals surface area contributed by atoms with E-state index in [9.17, 15) is 19.4 Å². The molecule has 1 aromatic rings. The lowest BCUT2D eigenvalue weighted by atomic mass is 9.94. The summed E-state index contributed by atoms with van der Waals surface area (Å²) in [6.45, 7) is 0.155. The molecule has 1 aliphatic rings. The second kappa shape index (κ2) is 6.22. The highest BCUT2D eigenvalue weighted by Crippen LogP contribution is 2.26. The maximum Gasteiger partial charge on any atom is 0.255 e. The van der Waals surface area contributed by atoms with Crippen molar-refractivity contribution in [1.29, 1.82) is 0 Å². The number of carbonyl (C=O) groups is 1. The van der Waals surface area contributed by atoms with Crippen LogP contribution in [0.5, 0.6) is 5.75 Å². The number of aliphatic hydroxyl groups is 1. The second-order valence-electron chi connectivity index (χ2n) is 5.48. The van der Waals surface area contributed by atoms with Crippen LogP contribution in [0.2, 0.25) is 0 Å². The van der Waals surface area contributed by atoms with Gasteiger partial charge < -0.3 is 15.5 Å². The van der Waals surface area contributed by atoms with Gasteiger partial charge >= 0.3 is 0 Å². The van der Waals surface area contributed by atoms with Crippen molar-refractivity contribution in [3.8, 4) is 5.75 Å². The molecular weight excluding hydrogens is 261 g/mol.